The van der Waals surface area contributed by atoms with Crippen LogP contribution in [-0.2, 0) is 0 Å². The molecule has 13 heteroatoms. The quantitative estimate of drug-likeness (QED) is 0.0854. The zero-order chi connectivity index (χ0) is 59.2. The van der Waals surface area contributed by atoms with Crippen LogP contribution in [-0.4, -0.2) is 48.5 Å². The Labute approximate surface area is 491 Å². The Bertz CT molecular complexity index is 4290. The van der Waals surface area contributed by atoms with E-state index in [0.717, 1.165) is 32.9 Å². The summed E-state index contributed by atoms with van der Waals surface area (Å²) in [5, 5.41) is 21.9. The third-order valence-corrected chi connectivity index (χ3v) is 16.2. The molecule has 12 rings (SSSR count). The molecule has 85 heavy (non-hydrogen) atoms. The topological polar surface area (TPSA) is 172 Å². The number of anilines is 4. The van der Waals surface area contributed by atoms with Crippen molar-refractivity contribution in [3.63, 3.8) is 0 Å². The lowest BCUT2D eigenvalue weighted by atomic mass is 9.88. The van der Waals surface area contributed by atoms with Gasteiger partial charge in [-0.3, -0.25) is 28.8 Å². The zero-order valence-corrected chi connectivity index (χ0v) is 47.2. The van der Waals surface area contributed by atoms with Crippen LogP contribution in [0.2, 0.25) is 0 Å². The van der Waals surface area contributed by atoms with Crippen molar-refractivity contribution in [2.45, 2.75) is 52.9 Å². The molecule has 0 saturated carbocycles. The Kier molecular flexibility index (Phi) is 14.5. The second-order valence-corrected chi connectivity index (χ2v) is 22.4. The van der Waals surface area contributed by atoms with E-state index in [9.17, 15) is 29.7 Å². The summed E-state index contributed by atoms with van der Waals surface area (Å²) in [5.41, 5.74) is 6.50. The molecule has 0 radical (unpaired) electrons. The largest absolute Gasteiger partial charge is 0.457 e. The SMILES string of the molecule is CC(C)CCN(C(=O)c1ccc2c3c(ccc(C#N)c13)C(=O)N(c1ccc(C3=CCC=C3)cc1)C2=O)c1ccc(Oc2ccc(N(CCC(C)C)C(=O)c3ccc4c5c(ccc(C#N)c35)C(=O)N(c3ccc(C5C=CC=C5)cc3)C4=O)cc2)cc1. The second-order valence-electron chi connectivity index (χ2n) is 22.4. The highest BCUT2D eigenvalue weighted by Crippen LogP contribution is 2.41. The minimum atomic E-state index is -0.554. The van der Waals surface area contributed by atoms with Crippen LogP contribution < -0.4 is 24.3 Å². The van der Waals surface area contributed by atoms with E-state index in [4.69, 9.17) is 4.74 Å². The zero-order valence-electron chi connectivity index (χ0n) is 47.2. The molecule has 8 aromatic carbocycles. The number of hydrogen-bond donors (Lipinski definition) is 0. The number of hydrogen-bond acceptors (Lipinski definition) is 9. The summed E-state index contributed by atoms with van der Waals surface area (Å²) in [5.74, 6) is -1.56. The standard InChI is InChI=1S/C72H56N6O7/c1-43(2)37-39-75(67(79)57-33-35-61-65-59(31-17-49(41-73)63(57)65)69(81)77(71(61)83)53-19-13-47(14-20-53)45-9-5-6-10-45)51-23-27-55(28-24-51)85-56-29-25-52(26-30-56)76(40-38-44(3)4)68(80)58-34-36-62-66-60(32-18-50(42-74)64(58)66)70(82)78(72(62)84)54-21-15-48(16-22-54)46-11-7-8-12-46/h5-7,9-36,43-45H,8,37-40H2,1-4H3. The number of nitrogens with zero attached hydrogens (tertiary/aromatic N) is 6. The van der Waals surface area contributed by atoms with E-state index in [1.54, 1.807) is 119 Å². The summed E-state index contributed by atoms with van der Waals surface area (Å²) < 4.78 is 6.35. The molecule has 0 atom stereocenters. The minimum Gasteiger partial charge on any atom is -0.457 e. The molecule has 4 aliphatic rings. The second kappa shape index (κ2) is 22.5. The van der Waals surface area contributed by atoms with Crippen molar-refractivity contribution < 1.29 is 33.5 Å². The van der Waals surface area contributed by atoms with Crippen LogP contribution in [0.4, 0.5) is 22.7 Å². The molecular formula is C72H56N6O7. The number of nitriles is 2. The molecular weight excluding hydrogens is 1060 g/mol. The van der Waals surface area contributed by atoms with Gasteiger partial charge >= 0.3 is 0 Å². The van der Waals surface area contributed by atoms with E-state index in [0.29, 0.717) is 60.2 Å². The third kappa shape index (κ3) is 9.95. The summed E-state index contributed by atoms with van der Waals surface area (Å²) in [6.07, 6.45) is 16.4. The predicted molar refractivity (Wildman–Crippen MR) is 330 cm³/mol. The Hall–Kier alpha value is -10.8. The molecule has 2 aliphatic heterocycles. The number of benzene rings is 8. The maximum Gasteiger partial charge on any atom is 0.265 e. The van der Waals surface area contributed by atoms with E-state index in [1.165, 1.54) is 12.1 Å². The van der Waals surface area contributed by atoms with Gasteiger partial charge in [0.25, 0.3) is 35.4 Å². The Morgan fingerprint density at radius 1 is 0.529 bits per heavy atom. The first-order valence-electron chi connectivity index (χ1n) is 28.4. The highest BCUT2D eigenvalue weighted by Gasteiger charge is 2.39. The Morgan fingerprint density at radius 3 is 1.33 bits per heavy atom. The van der Waals surface area contributed by atoms with Gasteiger partial charge in [-0.15, -0.1) is 0 Å². The normalized spacial score (nSPS) is 14.2. The number of allylic oxidation sites excluding steroid dienone is 8. The van der Waals surface area contributed by atoms with Gasteiger partial charge < -0.3 is 14.5 Å². The third-order valence-electron chi connectivity index (χ3n) is 16.2. The molecule has 0 N–H and O–H groups in total. The Morgan fingerprint density at radius 2 is 0.941 bits per heavy atom. The van der Waals surface area contributed by atoms with Crippen molar-refractivity contribution in [1.82, 2.24) is 0 Å². The van der Waals surface area contributed by atoms with E-state index in [2.05, 4.69) is 64.1 Å². The highest BCUT2D eigenvalue weighted by atomic mass is 16.5. The van der Waals surface area contributed by atoms with Gasteiger partial charge in [-0.05, 0) is 169 Å². The van der Waals surface area contributed by atoms with Crippen LogP contribution in [0.25, 0.3) is 27.1 Å². The van der Waals surface area contributed by atoms with Crippen molar-refractivity contribution in [2.24, 2.45) is 11.8 Å². The van der Waals surface area contributed by atoms with Crippen LogP contribution in [0.5, 0.6) is 11.5 Å². The number of ether oxygens (including phenoxy) is 1. The van der Waals surface area contributed by atoms with Crippen molar-refractivity contribution >= 4 is 85.3 Å². The predicted octanol–water partition coefficient (Wildman–Crippen LogP) is 15.1. The van der Waals surface area contributed by atoms with Gasteiger partial charge in [0, 0.05) is 85.3 Å². The Balaban J connectivity index is 0.799. The highest BCUT2D eigenvalue weighted by molar-refractivity contribution is 6.38. The minimum absolute atomic E-state index is 0.105. The average Bonchev–Trinajstić information content (AvgIpc) is 2.44. The summed E-state index contributed by atoms with van der Waals surface area (Å²) in [6, 6.07) is 45.5. The van der Waals surface area contributed by atoms with E-state index in [1.807, 2.05) is 42.5 Å². The van der Waals surface area contributed by atoms with Gasteiger partial charge in [0.2, 0.25) is 0 Å². The first-order chi connectivity index (χ1) is 41.2. The summed E-state index contributed by atoms with van der Waals surface area (Å²) in [7, 11) is 0. The van der Waals surface area contributed by atoms with Gasteiger partial charge in [0.1, 0.15) is 11.5 Å². The molecule has 0 unspecified atom stereocenters. The van der Waals surface area contributed by atoms with Crippen molar-refractivity contribution in [2.75, 3.05) is 32.7 Å². The summed E-state index contributed by atoms with van der Waals surface area (Å²) in [4.78, 5) is 93.0. The molecule has 0 spiro atoms. The number of amides is 6. The molecule has 0 bridgehead atoms. The molecule has 2 aliphatic carbocycles. The van der Waals surface area contributed by atoms with Crippen molar-refractivity contribution in [3.05, 3.63) is 244 Å². The fraction of sp³-hybridized carbons (Fsp3) is 0.167. The molecule has 13 nitrogen and oxygen atoms in total. The lowest BCUT2D eigenvalue weighted by Crippen LogP contribution is -2.41. The molecule has 0 fully saturated rings. The lowest BCUT2D eigenvalue weighted by molar-refractivity contribution is 0.0877. The van der Waals surface area contributed by atoms with E-state index in [-0.39, 0.29) is 83.8 Å². The molecule has 8 aromatic rings. The fourth-order valence-corrected chi connectivity index (χ4v) is 11.6. The first-order valence-corrected chi connectivity index (χ1v) is 28.4. The van der Waals surface area contributed by atoms with E-state index < -0.39 is 35.4 Å². The van der Waals surface area contributed by atoms with Crippen molar-refractivity contribution in [3.8, 4) is 23.6 Å². The number of rotatable bonds is 16. The molecule has 0 aromatic heterocycles. The molecule has 2 heterocycles. The van der Waals surface area contributed by atoms with E-state index >= 15 is 9.59 Å². The summed E-state index contributed by atoms with van der Waals surface area (Å²) in [6.45, 7) is 8.89. The lowest BCUT2D eigenvalue weighted by Gasteiger charge is -2.29. The maximum absolute atomic E-state index is 15.0. The fourth-order valence-electron chi connectivity index (χ4n) is 11.6. The average molecular weight is 1120 g/mol. The summed E-state index contributed by atoms with van der Waals surface area (Å²) >= 11 is 0. The molecule has 0 saturated heterocycles. The molecule has 6 amide bonds. The van der Waals surface area contributed by atoms with Gasteiger partial charge in [-0.1, -0.05) is 94.5 Å². The van der Waals surface area contributed by atoms with Crippen LogP contribution in [0.3, 0.4) is 0 Å². The van der Waals surface area contributed by atoms with Gasteiger partial charge in [0.05, 0.1) is 34.6 Å². The number of carbonyl (C=O) groups is 6. The first kappa shape index (κ1) is 54.8. The maximum atomic E-state index is 15.0. The van der Waals surface area contributed by atoms with Crippen LogP contribution >= 0.6 is 0 Å². The number of imide groups is 2. The van der Waals surface area contributed by atoms with Crippen LogP contribution in [0.1, 0.15) is 137 Å². The van der Waals surface area contributed by atoms with Gasteiger partial charge in [0.15, 0.2) is 0 Å². The van der Waals surface area contributed by atoms with Crippen LogP contribution in [0.15, 0.2) is 188 Å². The number of carbonyl (C=O) groups excluding carboxylic acids is 6. The molecule has 416 valence electrons. The van der Waals surface area contributed by atoms with Crippen molar-refractivity contribution in [1.29, 1.82) is 10.5 Å². The van der Waals surface area contributed by atoms with Crippen LogP contribution in [0, 0.1) is 34.5 Å². The van der Waals surface area contributed by atoms with Gasteiger partial charge in [-0.2, -0.15) is 10.5 Å². The van der Waals surface area contributed by atoms with Gasteiger partial charge in [-0.25, -0.2) is 9.80 Å². The monoisotopic (exact) mass is 1120 g/mol. The smallest absolute Gasteiger partial charge is 0.265 e.